The number of aryl methyl sites for hydroxylation is 1. The molecule has 2 amide bonds. The Morgan fingerprint density at radius 1 is 1.04 bits per heavy atom. The first-order valence-corrected chi connectivity index (χ1v) is 17.8. The van der Waals surface area contributed by atoms with Gasteiger partial charge in [0.25, 0.3) is 11.5 Å². The fourth-order valence-corrected chi connectivity index (χ4v) is 6.87. The van der Waals surface area contributed by atoms with Gasteiger partial charge in [-0.05, 0) is 61.6 Å². The highest BCUT2D eigenvalue weighted by atomic mass is 19.4. The third kappa shape index (κ3) is 6.92. The van der Waals surface area contributed by atoms with Crippen LogP contribution in [-0.4, -0.2) is 83.2 Å². The van der Waals surface area contributed by atoms with Gasteiger partial charge in [-0.25, -0.2) is 9.97 Å². The lowest BCUT2D eigenvalue weighted by molar-refractivity contribution is -0.137. The molecule has 2 fully saturated rings. The molecule has 1 aliphatic carbocycles. The van der Waals surface area contributed by atoms with Crippen LogP contribution >= 0.6 is 0 Å². The fraction of sp³-hybridized carbons (Fsp3) is 0.378. The van der Waals surface area contributed by atoms with Crippen molar-refractivity contribution < 1.29 is 37.3 Å². The number of alkyl halides is 3. The van der Waals surface area contributed by atoms with Crippen molar-refractivity contribution in [2.45, 2.75) is 65.1 Å². The van der Waals surface area contributed by atoms with Gasteiger partial charge in [0.15, 0.2) is 17.3 Å². The van der Waals surface area contributed by atoms with Gasteiger partial charge in [0.05, 0.1) is 42.0 Å². The Kier molecular flexibility index (Phi) is 9.14. The van der Waals surface area contributed by atoms with Crippen molar-refractivity contribution in [3.8, 4) is 22.9 Å². The van der Waals surface area contributed by atoms with Crippen LogP contribution < -0.4 is 20.5 Å². The summed E-state index contributed by atoms with van der Waals surface area (Å²) in [6, 6.07) is 8.59. The first-order chi connectivity index (χ1) is 26.4. The average Bonchev–Trinajstić information content (AvgIpc) is 3.65. The van der Waals surface area contributed by atoms with Crippen LogP contribution in [-0.2, 0) is 41.9 Å². The highest BCUT2D eigenvalue weighted by Crippen LogP contribution is 2.38. The van der Waals surface area contributed by atoms with E-state index >= 15 is 0 Å². The zero-order valence-electron chi connectivity index (χ0n) is 29.9. The molecule has 0 unspecified atom stereocenters. The van der Waals surface area contributed by atoms with Crippen molar-refractivity contribution in [3.63, 3.8) is 0 Å². The Balaban J connectivity index is 1.15. The number of ether oxygens (including phenoxy) is 2. The minimum atomic E-state index is -4.61. The molecule has 55 heavy (non-hydrogen) atoms. The van der Waals surface area contributed by atoms with Crippen LogP contribution in [0.4, 0.5) is 24.5 Å². The van der Waals surface area contributed by atoms with E-state index in [-0.39, 0.29) is 91.1 Å². The van der Waals surface area contributed by atoms with E-state index in [0.29, 0.717) is 37.3 Å². The van der Waals surface area contributed by atoms with Gasteiger partial charge in [-0.2, -0.15) is 22.7 Å². The Hall–Kier alpha value is -6.04. The summed E-state index contributed by atoms with van der Waals surface area (Å²) >= 11 is 0. The molecule has 15 nitrogen and oxygen atoms in total. The maximum Gasteiger partial charge on any atom is 0.416 e. The number of benzene rings is 2. The van der Waals surface area contributed by atoms with Crippen LogP contribution in [0.2, 0.25) is 0 Å². The number of fused-ring (bicyclic) bond motifs is 2. The third-order valence-electron chi connectivity index (χ3n) is 9.93. The van der Waals surface area contributed by atoms with Crippen molar-refractivity contribution in [2.24, 2.45) is 0 Å². The molecule has 1 saturated heterocycles. The lowest BCUT2D eigenvalue weighted by atomic mass is 10.1. The van der Waals surface area contributed by atoms with Crippen molar-refractivity contribution in [1.82, 2.24) is 34.0 Å². The van der Waals surface area contributed by atoms with E-state index in [4.69, 9.17) is 14.5 Å². The summed E-state index contributed by atoms with van der Waals surface area (Å²) in [5.74, 6) is -1.11. The molecule has 5 aromatic rings. The van der Waals surface area contributed by atoms with Crippen molar-refractivity contribution >= 4 is 29.0 Å². The number of nitrogens with zero attached hydrogens (tertiary/aromatic N) is 8. The second kappa shape index (κ2) is 14.0. The zero-order chi connectivity index (χ0) is 38.6. The van der Waals surface area contributed by atoms with E-state index in [1.807, 2.05) is 30.0 Å². The molecule has 0 bridgehead atoms. The predicted octanol–water partition coefficient (Wildman–Crippen LogP) is 4.12. The average molecular weight is 760 g/mol. The smallest absolute Gasteiger partial charge is 0.416 e. The number of halogens is 3. The lowest BCUT2D eigenvalue weighted by Gasteiger charge is -2.36. The molecule has 2 aromatic carbocycles. The Morgan fingerprint density at radius 2 is 1.80 bits per heavy atom. The lowest BCUT2D eigenvalue weighted by Crippen LogP contribution is -2.51. The highest BCUT2D eigenvalue weighted by molar-refractivity contribution is 5.95. The molecule has 18 heteroatoms. The maximum atomic E-state index is 14.4. The third-order valence-corrected chi connectivity index (χ3v) is 9.93. The van der Waals surface area contributed by atoms with Gasteiger partial charge in [-0.1, -0.05) is 19.1 Å². The topological polar surface area (TPSA) is 169 Å². The van der Waals surface area contributed by atoms with Crippen LogP contribution in [0.5, 0.6) is 11.5 Å². The number of nitrogens with one attached hydrogen (secondary N) is 1. The van der Waals surface area contributed by atoms with E-state index in [2.05, 4.69) is 20.4 Å². The largest absolute Gasteiger partial charge is 0.504 e. The van der Waals surface area contributed by atoms with Crippen LogP contribution in [0, 0.1) is 6.92 Å². The zero-order valence-corrected chi connectivity index (χ0v) is 29.9. The minimum absolute atomic E-state index is 0.0773. The minimum Gasteiger partial charge on any atom is -0.504 e. The number of aromatic nitrogens is 6. The molecular formula is C37H36F3N9O6. The summed E-state index contributed by atoms with van der Waals surface area (Å²) in [6.07, 6.45) is -1.96. The molecule has 3 aliphatic rings. The van der Waals surface area contributed by atoms with Crippen LogP contribution in [0.25, 0.3) is 17.2 Å². The molecule has 0 atom stereocenters. The number of amides is 2. The summed E-state index contributed by atoms with van der Waals surface area (Å²) in [6.45, 7) is 4.80. The number of hydrogen-bond acceptors (Lipinski definition) is 11. The summed E-state index contributed by atoms with van der Waals surface area (Å²) in [7, 11) is 0. The molecule has 1 saturated carbocycles. The molecule has 5 heterocycles. The van der Waals surface area contributed by atoms with E-state index in [9.17, 15) is 32.7 Å². The number of carbonyl (C=O) groups excluding carboxylic acids is 2. The maximum absolute atomic E-state index is 14.4. The van der Waals surface area contributed by atoms with Gasteiger partial charge in [0, 0.05) is 31.7 Å². The summed E-state index contributed by atoms with van der Waals surface area (Å²) < 4.78 is 54.8. The van der Waals surface area contributed by atoms with E-state index in [0.717, 1.165) is 27.8 Å². The van der Waals surface area contributed by atoms with Gasteiger partial charge in [-0.15, -0.1) is 5.10 Å². The molecule has 3 aromatic heterocycles. The standard InChI is InChI=1S/C37H36F3N9O6/c1-3-27-31(46-10-12-47(13-11-46)34(52)30-32(51)20(2)41-19-42-30)35(53)49-36(44-33(45-49)21-4-5-22-17-54-18-23(22)14-21)48(27)16-29(50)43-26-9-6-24(37(38,39)40)15-28(26)55-25-7-8-25/h4-6,9,14-15,19,25,51H,3,7-8,10-13,16-18H2,1-2H3,(H,43,50). The predicted molar refractivity (Wildman–Crippen MR) is 191 cm³/mol. The first kappa shape index (κ1) is 36.0. The molecular weight excluding hydrogens is 723 g/mol. The second-order valence-corrected chi connectivity index (χ2v) is 13.7. The summed E-state index contributed by atoms with van der Waals surface area (Å²) in [5.41, 5.74) is 2.25. The number of hydrogen-bond donors (Lipinski definition) is 2. The van der Waals surface area contributed by atoms with Gasteiger partial charge in [0.1, 0.15) is 24.3 Å². The summed E-state index contributed by atoms with van der Waals surface area (Å²) in [4.78, 5) is 57.6. The molecule has 0 spiro atoms. The number of rotatable bonds is 9. The number of aromatic hydroxyl groups is 1. The van der Waals surface area contributed by atoms with Crippen LogP contribution in [0.3, 0.4) is 0 Å². The van der Waals surface area contributed by atoms with Crippen LogP contribution in [0.1, 0.15) is 58.3 Å². The van der Waals surface area contributed by atoms with E-state index < -0.39 is 29.1 Å². The van der Waals surface area contributed by atoms with Gasteiger partial charge < -0.3 is 34.3 Å². The molecule has 8 rings (SSSR count). The number of anilines is 2. The van der Waals surface area contributed by atoms with Crippen molar-refractivity contribution in [2.75, 3.05) is 36.4 Å². The number of carbonyl (C=O) groups is 2. The monoisotopic (exact) mass is 759 g/mol. The fourth-order valence-electron chi connectivity index (χ4n) is 6.87. The Bertz CT molecular complexity index is 2400. The molecule has 2 aliphatic heterocycles. The van der Waals surface area contributed by atoms with E-state index in [1.54, 1.807) is 11.5 Å². The molecule has 2 N–H and O–H groups in total. The van der Waals surface area contributed by atoms with Gasteiger partial charge >= 0.3 is 6.18 Å². The van der Waals surface area contributed by atoms with Crippen LogP contribution in [0.15, 0.2) is 47.5 Å². The Morgan fingerprint density at radius 3 is 2.53 bits per heavy atom. The molecule has 286 valence electrons. The van der Waals surface area contributed by atoms with Gasteiger partial charge in [0.2, 0.25) is 11.7 Å². The summed E-state index contributed by atoms with van der Waals surface area (Å²) in [5, 5.41) is 17.8. The van der Waals surface area contributed by atoms with Gasteiger partial charge in [-0.3, -0.25) is 14.4 Å². The second-order valence-electron chi connectivity index (χ2n) is 13.7. The first-order valence-electron chi connectivity index (χ1n) is 17.8. The highest BCUT2D eigenvalue weighted by Gasteiger charge is 2.34. The SMILES string of the molecule is CCc1c(N2CCN(C(=O)c3ncnc(C)c3O)CC2)c(=O)n2nc(-c3ccc4c(c3)COC4)nc2n1CC(=O)Nc1ccc(C(F)(F)F)cc1OC1CC1. The number of piperazine rings is 1. The normalized spacial score (nSPS) is 15.7. The quantitative estimate of drug-likeness (QED) is 0.222. The Labute approximate surface area is 311 Å². The van der Waals surface area contributed by atoms with Crippen molar-refractivity contribution in [3.05, 3.63) is 86.9 Å². The van der Waals surface area contributed by atoms with Crippen molar-refractivity contribution in [1.29, 1.82) is 0 Å². The van der Waals surface area contributed by atoms with E-state index in [1.165, 1.54) is 17.3 Å². The molecule has 0 radical (unpaired) electrons.